The number of carbonyl (C=O) groups is 1. The quantitative estimate of drug-likeness (QED) is 0.684. The van der Waals surface area contributed by atoms with Crippen LogP contribution < -0.4 is 5.56 Å². The molecule has 1 aliphatic heterocycles. The van der Waals surface area contributed by atoms with Gasteiger partial charge in [-0.05, 0) is 43.2 Å². The third-order valence-corrected chi connectivity index (χ3v) is 8.41. The molecule has 3 fully saturated rings. The summed E-state index contributed by atoms with van der Waals surface area (Å²) < 4.78 is 5.67. The van der Waals surface area contributed by atoms with Crippen LogP contribution >= 0.6 is 0 Å². The zero-order chi connectivity index (χ0) is 23.4. The maximum atomic E-state index is 13.9. The lowest BCUT2D eigenvalue weighted by molar-refractivity contribution is -0.141. The Morgan fingerprint density at radius 3 is 2.50 bits per heavy atom. The van der Waals surface area contributed by atoms with Crippen molar-refractivity contribution in [2.75, 3.05) is 32.8 Å². The Balaban J connectivity index is 1.46. The molecule has 2 heterocycles. The van der Waals surface area contributed by atoms with Crippen molar-refractivity contribution in [1.82, 2.24) is 14.8 Å². The van der Waals surface area contributed by atoms with Crippen molar-refractivity contribution in [2.24, 2.45) is 5.92 Å². The van der Waals surface area contributed by atoms with E-state index >= 15 is 0 Å². The van der Waals surface area contributed by atoms with E-state index in [0.717, 1.165) is 75.7 Å². The molecule has 0 unspecified atom stereocenters. The van der Waals surface area contributed by atoms with Gasteiger partial charge < -0.3 is 14.6 Å². The fourth-order valence-corrected chi connectivity index (χ4v) is 6.51. The highest BCUT2D eigenvalue weighted by Crippen LogP contribution is 2.36. The van der Waals surface area contributed by atoms with E-state index in [2.05, 4.69) is 14.8 Å². The number of aromatic amines is 1. The Bertz CT molecular complexity index is 1030. The van der Waals surface area contributed by atoms with Crippen LogP contribution in [0.2, 0.25) is 0 Å². The monoisotopic (exact) mass is 465 g/mol. The molecule has 1 amide bonds. The van der Waals surface area contributed by atoms with Crippen LogP contribution in [0.3, 0.4) is 0 Å². The number of rotatable bonds is 6. The highest BCUT2D eigenvalue weighted by molar-refractivity contribution is 5.80. The van der Waals surface area contributed by atoms with Crippen LogP contribution in [0, 0.1) is 5.92 Å². The van der Waals surface area contributed by atoms with E-state index in [0.29, 0.717) is 18.7 Å². The summed E-state index contributed by atoms with van der Waals surface area (Å²) in [4.78, 5) is 34.7. The number of amides is 1. The van der Waals surface area contributed by atoms with E-state index in [1.165, 1.54) is 25.7 Å². The number of hydrogen-bond acceptors (Lipinski definition) is 4. The minimum Gasteiger partial charge on any atom is -0.379 e. The summed E-state index contributed by atoms with van der Waals surface area (Å²) in [5.74, 6) is 0.351. The van der Waals surface area contributed by atoms with Gasteiger partial charge in [0.15, 0.2) is 0 Å². The second kappa shape index (κ2) is 10.6. The van der Waals surface area contributed by atoms with Crippen LogP contribution in [0.15, 0.2) is 35.1 Å². The van der Waals surface area contributed by atoms with E-state index in [4.69, 9.17) is 4.74 Å². The van der Waals surface area contributed by atoms with Gasteiger partial charge in [0, 0.05) is 42.2 Å². The average molecular weight is 466 g/mol. The first-order valence-corrected chi connectivity index (χ1v) is 13.4. The zero-order valence-electron chi connectivity index (χ0n) is 20.4. The summed E-state index contributed by atoms with van der Waals surface area (Å²) in [5.41, 5.74) is 1.45. The fraction of sp³-hybridized carbons (Fsp3) is 0.643. The van der Waals surface area contributed by atoms with Gasteiger partial charge in [-0.2, -0.15) is 0 Å². The highest BCUT2D eigenvalue weighted by Gasteiger charge is 2.42. The molecule has 6 nitrogen and oxygen atoms in total. The Morgan fingerprint density at radius 1 is 1.03 bits per heavy atom. The second-order valence-electron chi connectivity index (χ2n) is 10.6. The molecular formula is C28H39N3O3. The maximum Gasteiger partial charge on any atom is 0.253 e. The molecular weight excluding hydrogens is 426 g/mol. The predicted molar refractivity (Wildman–Crippen MR) is 135 cm³/mol. The minimum atomic E-state index is -0.0794. The van der Waals surface area contributed by atoms with Gasteiger partial charge >= 0.3 is 0 Å². The summed E-state index contributed by atoms with van der Waals surface area (Å²) in [6.45, 7) is 4.51. The molecule has 0 atom stereocenters. The number of fused-ring (bicyclic) bond motifs is 1. The van der Waals surface area contributed by atoms with Crippen LogP contribution in [-0.2, 0) is 16.1 Å². The Labute approximate surface area is 202 Å². The van der Waals surface area contributed by atoms with Crippen molar-refractivity contribution in [3.05, 3.63) is 46.2 Å². The SMILES string of the molecule is O=C(C1CCCCC1)N(Cc1cc2ccccc2[nH]c1=O)CC1(N2CCOCC2)CCCCC1. The number of para-hydroxylation sites is 1. The van der Waals surface area contributed by atoms with Gasteiger partial charge in [0.1, 0.15) is 0 Å². The molecule has 5 rings (SSSR count). The topological polar surface area (TPSA) is 65.6 Å². The summed E-state index contributed by atoms with van der Waals surface area (Å²) in [7, 11) is 0. The van der Waals surface area contributed by atoms with Crippen molar-refractivity contribution >= 4 is 16.8 Å². The van der Waals surface area contributed by atoms with Crippen LogP contribution in [0.4, 0.5) is 0 Å². The molecule has 3 aliphatic rings. The van der Waals surface area contributed by atoms with E-state index in [1.54, 1.807) is 0 Å². The van der Waals surface area contributed by atoms with Crippen molar-refractivity contribution in [1.29, 1.82) is 0 Å². The molecule has 1 saturated heterocycles. The van der Waals surface area contributed by atoms with Crippen molar-refractivity contribution in [3.8, 4) is 0 Å². The van der Waals surface area contributed by atoms with E-state index in [-0.39, 0.29) is 22.9 Å². The molecule has 184 valence electrons. The molecule has 1 aromatic heterocycles. The van der Waals surface area contributed by atoms with Crippen molar-refractivity contribution in [3.63, 3.8) is 0 Å². The maximum absolute atomic E-state index is 13.9. The first-order valence-electron chi connectivity index (χ1n) is 13.4. The van der Waals surface area contributed by atoms with Crippen LogP contribution in [0.25, 0.3) is 10.9 Å². The second-order valence-corrected chi connectivity index (χ2v) is 10.6. The number of pyridine rings is 1. The minimum absolute atomic E-state index is 0.00400. The normalized spacial score (nSPS) is 22.0. The molecule has 0 radical (unpaired) electrons. The highest BCUT2D eigenvalue weighted by atomic mass is 16.5. The average Bonchev–Trinajstić information content (AvgIpc) is 2.90. The molecule has 2 aromatic rings. The van der Waals surface area contributed by atoms with Gasteiger partial charge in [-0.25, -0.2) is 0 Å². The summed E-state index contributed by atoms with van der Waals surface area (Å²) >= 11 is 0. The van der Waals surface area contributed by atoms with Gasteiger partial charge in [0.05, 0.1) is 19.8 Å². The number of nitrogens with zero attached hydrogens (tertiary/aromatic N) is 2. The summed E-state index contributed by atoms with van der Waals surface area (Å²) in [6.07, 6.45) is 11.4. The molecule has 6 heteroatoms. The smallest absolute Gasteiger partial charge is 0.253 e. The van der Waals surface area contributed by atoms with Crippen LogP contribution in [0.5, 0.6) is 0 Å². The number of ether oxygens (including phenoxy) is 1. The Kier molecular flexibility index (Phi) is 7.35. The third kappa shape index (κ3) is 5.08. The predicted octanol–water partition coefficient (Wildman–Crippen LogP) is 4.47. The number of aromatic nitrogens is 1. The van der Waals surface area contributed by atoms with E-state index in [9.17, 15) is 9.59 Å². The molecule has 2 aliphatic carbocycles. The Hall–Kier alpha value is -2.18. The molecule has 2 saturated carbocycles. The number of hydrogen-bond donors (Lipinski definition) is 1. The van der Waals surface area contributed by atoms with Crippen LogP contribution in [0.1, 0.15) is 69.8 Å². The standard InChI is InChI=1S/C28H39N3O3/c32-26-24(19-23-11-5-6-12-25(23)29-26)20-30(27(33)22-9-3-1-4-10-22)21-28(13-7-2-8-14-28)31-15-17-34-18-16-31/h5-6,11-12,19,22H,1-4,7-10,13-18,20-21H2,(H,29,32). The molecule has 1 aromatic carbocycles. The fourth-order valence-electron chi connectivity index (χ4n) is 6.51. The lowest BCUT2D eigenvalue weighted by Crippen LogP contribution is -2.60. The number of nitrogens with one attached hydrogen (secondary N) is 1. The first kappa shape index (κ1) is 23.6. The zero-order valence-corrected chi connectivity index (χ0v) is 20.4. The van der Waals surface area contributed by atoms with Crippen molar-refractivity contribution < 1.29 is 9.53 Å². The Morgan fingerprint density at radius 2 is 1.74 bits per heavy atom. The lowest BCUT2D eigenvalue weighted by atomic mass is 9.79. The first-order chi connectivity index (χ1) is 16.6. The number of H-pyrrole nitrogens is 1. The van der Waals surface area contributed by atoms with E-state index in [1.807, 2.05) is 30.3 Å². The van der Waals surface area contributed by atoms with E-state index < -0.39 is 0 Å². The summed E-state index contributed by atoms with van der Waals surface area (Å²) in [5, 5.41) is 1.02. The molecule has 0 bridgehead atoms. The molecule has 1 N–H and O–H groups in total. The largest absolute Gasteiger partial charge is 0.379 e. The van der Waals surface area contributed by atoms with Gasteiger partial charge in [0.25, 0.3) is 5.56 Å². The lowest BCUT2D eigenvalue weighted by Gasteiger charge is -2.50. The van der Waals surface area contributed by atoms with Gasteiger partial charge in [-0.15, -0.1) is 0 Å². The molecule has 34 heavy (non-hydrogen) atoms. The van der Waals surface area contributed by atoms with Crippen molar-refractivity contribution in [2.45, 2.75) is 76.3 Å². The molecule has 0 spiro atoms. The van der Waals surface area contributed by atoms with Gasteiger partial charge in [0.2, 0.25) is 5.91 Å². The van der Waals surface area contributed by atoms with Gasteiger partial charge in [-0.1, -0.05) is 56.7 Å². The number of carbonyl (C=O) groups excluding carboxylic acids is 1. The number of benzene rings is 1. The van der Waals surface area contributed by atoms with Crippen LogP contribution in [-0.4, -0.2) is 59.1 Å². The number of morpholine rings is 1. The van der Waals surface area contributed by atoms with Gasteiger partial charge in [-0.3, -0.25) is 14.5 Å². The third-order valence-electron chi connectivity index (χ3n) is 8.41. The summed E-state index contributed by atoms with van der Waals surface area (Å²) in [6, 6.07) is 9.87.